The molecule has 0 aromatic rings. The van der Waals surface area contributed by atoms with Crippen molar-refractivity contribution in [2.24, 2.45) is 0 Å². The number of carbonyl (C=O) groups is 1. The second-order valence-corrected chi connectivity index (χ2v) is 2.54. The average molecular weight is 224 g/mol. The summed E-state index contributed by atoms with van der Waals surface area (Å²) in [5.41, 5.74) is 0. The van der Waals surface area contributed by atoms with Gasteiger partial charge in [-0.2, -0.15) is 0 Å². The van der Waals surface area contributed by atoms with Crippen LogP contribution < -0.4 is 0 Å². The maximum Gasteiger partial charge on any atom is 0.614 e. The second-order valence-electron chi connectivity index (χ2n) is 2.54. The van der Waals surface area contributed by atoms with Gasteiger partial charge in [0.2, 0.25) is 0 Å². The van der Waals surface area contributed by atoms with Crippen molar-refractivity contribution in [3.05, 3.63) is 20.2 Å². The number of nitro groups is 2. The molecule has 0 atom stereocenters. The van der Waals surface area contributed by atoms with Crippen LogP contribution in [0.4, 0.5) is 4.39 Å². The first kappa shape index (κ1) is 13.2. The first-order valence-electron chi connectivity index (χ1n) is 3.98. The highest BCUT2D eigenvalue weighted by Gasteiger charge is 2.57. The van der Waals surface area contributed by atoms with Crippen molar-refractivity contribution in [2.75, 3.05) is 6.61 Å². The van der Waals surface area contributed by atoms with Gasteiger partial charge in [0.1, 0.15) is 16.3 Å². The SMILES string of the molecule is CCOC(=O)CCC(F)([N+](=O)[O-])[N+](=O)[O-]. The summed E-state index contributed by atoms with van der Waals surface area (Å²) in [6.07, 6.45) is -1.86. The molecule has 0 N–H and O–H groups in total. The molecule has 0 saturated heterocycles. The van der Waals surface area contributed by atoms with E-state index in [0.29, 0.717) is 0 Å². The second kappa shape index (κ2) is 5.17. The summed E-state index contributed by atoms with van der Waals surface area (Å²) in [5, 5.41) is 20.1. The lowest BCUT2D eigenvalue weighted by molar-refractivity contribution is -0.832. The summed E-state index contributed by atoms with van der Waals surface area (Å²) < 4.78 is 17.4. The highest BCUT2D eigenvalue weighted by atomic mass is 19.2. The highest BCUT2D eigenvalue weighted by Crippen LogP contribution is 2.20. The smallest absolute Gasteiger partial charge is 0.466 e. The Balaban J connectivity index is 4.39. The van der Waals surface area contributed by atoms with Crippen LogP contribution in [0.25, 0.3) is 0 Å². The van der Waals surface area contributed by atoms with Gasteiger partial charge in [0.25, 0.3) is 0 Å². The molecule has 0 saturated carbocycles. The molecule has 9 heteroatoms. The maximum atomic E-state index is 13.0. The Morgan fingerprint density at radius 2 is 1.87 bits per heavy atom. The Morgan fingerprint density at radius 3 is 2.20 bits per heavy atom. The van der Waals surface area contributed by atoms with Gasteiger partial charge in [-0.25, -0.2) is 0 Å². The molecule has 0 amide bonds. The molecule has 0 aliphatic carbocycles. The van der Waals surface area contributed by atoms with Crippen molar-refractivity contribution in [1.29, 1.82) is 0 Å². The zero-order valence-electron chi connectivity index (χ0n) is 7.84. The first-order valence-corrected chi connectivity index (χ1v) is 3.98. The standard InChI is InChI=1S/C6H9FN2O6/c1-2-15-5(10)3-4-6(7,8(11)12)9(13)14/h2-4H2,1H3. The third-order valence-electron chi connectivity index (χ3n) is 1.51. The van der Waals surface area contributed by atoms with E-state index in [0.717, 1.165) is 0 Å². The molecular weight excluding hydrogens is 215 g/mol. The molecule has 0 rings (SSSR count). The largest absolute Gasteiger partial charge is 0.614 e. The van der Waals surface area contributed by atoms with Gasteiger partial charge >= 0.3 is 11.9 Å². The predicted molar refractivity (Wildman–Crippen MR) is 43.7 cm³/mol. The van der Waals surface area contributed by atoms with Crippen LogP contribution in [-0.2, 0) is 9.53 Å². The molecule has 8 nitrogen and oxygen atoms in total. The van der Waals surface area contributed by atoms with Crippen molar-refractivity contribution in [3.8, 4) is 0 Å². The molecule has 0 fully saturated rings. The van der Waals surface area contributed by atoms with E-state index in [2.05, 4.69) is 4.74 Å². The lowest BCUT2D eigenvalue weighted by Crippen LogP contribution is -2.42. The van der Waals surface area contributed by atoms with Crippen molar-refractivity contribution in [3.63, 3.8) is 0 Å². The van der Waals surface area contributed by atoms with Crippen molar-refractivity contribution in [1.82, 2.24) is 0 Å². The minimum absolute atomic E-state index is 0.0229. The quantitative estimate of drug-likeness (QED) is 0.213. The number of hydrogen-bond acceptors (Lipinski definition) is 6. The fraction of sp³-hybridized carbons (Fsp3) is 0.833. The normalized spacial score (nSPS) is 10.8. The number of hydrogen-bond donors (Lipinski definition) is 0. The summed E-state index contributed by atoms with van der Waals surface area (Å²) in [5.74, 6) is -4.74. The summed E-state index contributed by atoms with van der Waals surface area (Å²) in [6, 6.07) is 0. The monoisotopic (exact) mass is 224 g/mol. The highest BCUT2D eigenvalue weighted by molar-refractivity contribution is 5.69. The summed E-state index contributed by atoms with van der Waals surface area (Å²) in [6.45, 7) is 1.51. The number of carbonyl (C=O) groups excluding carboxylic acids is 1. The van der Waals surface area contributed by atoms with Gasteiger partial charge in [0.15, 0.2) is 0 Å². The van der Waals surface area contributed by atoms with Crippen LogP contribution in [0, 0.1) is 20.2 Å². The van der Waals surface area contributed by atoms with Crippen molar-refractivity contribution < 1.29 is 23.8 Å². The number of nitrogens with zero attached hydrogens (tertiary/aromatic N) is 2. The Morgan fingerprint density at radius 1 is 1.40 bits per heavy atom. The van der Waals surface area contributed by atoms with Crippen LogP contribution in [0.5, 0.6) is 0 Å². The van der Waals surface area contributed by atoms with Gasteiger partial charge in [-0.15, -0.1) is 0 Å². The minimum atomic E-state index is -3.83. The fourth-order valence-corrected chi connectivity index (χ4v) is 0.744. The molecule has 0 aromatic carbocycles. The molecule has 0 aromatic heterocycles. The van der Waals surface area contributed by atoms with Gasteiger partial charge in [-0.1, -0.05) is 4.39 Å². The van der Waals surface area contributed by atoms with Gasteiger partial charge in [0, 0.05) is 0 Å². The zero-order chi connectivity index (χ0) is 12.1. The van der Waals surface area contributed by atoms with E-state index in [1.807, 2.05) is 0 Å². The van der Waals surface area contributed by atoms with Gasteiger partial charge < -0.3 is 4.74 Å². The van der Waals surface area contributed by atoms with Crippen molar-refractivity contribution >= 4 is 5.97 Å². The average Bonchev–Trinajstić information content (AvgIpc) is 2.14. The fourth-order valence-electron chi connectivity index (χ4n) is 0.744. The lowest BCUT2D eigenvalue weighted by atomic mass is 10.2. The van der Waals surface area contributed by atoms with E-state index in [4.69, 9.17) is 0 Å². The third kappa shape index (κ3) is 3.44. The van der Waals surface area contributed by atoms with Crippen LogP contribution in [0.1, 0.15) is 19.8 Å². The number of rotatable bonds is 6. The van der Waals surface area contributed by atoms with Gasteiger partial charge in [0.05, 0.1) is 13.0 Å². The molecule has 0 unspecified atom stereocenters. The minimum Gasteiger partial charge on any atom is -0.466 e. The molecule has 0 aliphatic heterocycles. The number of esters is 1. The third-order valence-corrected chi connectivity index (χ3v) is 1.51. The lowest BCUT2D eigenvalue weighted by Gasteiger charge is -2.07. The van der Waals surface area contributed by atoms with Crippen molar-refractivity contribution in [2.45, 2.75) is 25.7 Å². The molecular formula is C6H9FN2O6. The molecule has 15 heavy (non-hydrogen) atoms. The van der Waals surface area contributed by atoms with Crippen LogP contribution in [0.3, 0.4) is 0 Å². The van der Waals surface area contributed by atoms with Gasteiger partial charge in [-0.3, -0.25) is 25.0 Å². The summed E-state index contributed by atoms with van der Waals surface area (Å²) in [4.78, 5) is 27.5. The van der Waals surface area contributed by atoms with E-state index >= 15 is 0 Å². The Kier molecular flexibility index (Phi) is 4.55. The van der Waals surface area contributed by atoms with E-state index < -0.39 is 34.6 Å². The Labute approximate surface area is 83.3 Å². The van der Waals surface area contributed by atoms with E-state index in [-0.39, 0.29) is 6.61 Å². The Hall–Kier alpha value is -1.80. The van der Waals surface area contributed by atoms with E-state index in [1.54, 1.807) is 0 Å². The molecule has 0 spiro atoms. The van der Waals surface area contributed by atoms with Gasteiger partial charge in [-0.05, 0) is 6.92 Å². The molecule has 86 valence electrons. The number of alkyl halides is 1. The maximum absolute atomic E-state index is 13.0. The van der Waals surface area contributed by atoms with Crippen LogP contribution in [0.15, 0.2) is 0 Å². The Bertz CT molecular complexity index is 267. The molecule has 0 bridgehead atoms. The molecule has 0 radical (unpaired) electrons. The molecule has 0 heterocycles. The van der Waals surface area contributed by atoms with Crippen LogP contribution in [-0.4, -0.2) is 28.3 Å². The number of halogens is 1. The first-order chi connectivity index (χ1) is 6.84. The van der Waals surface area contributed by atoms with Crippen LogP contribution >= 0.6 is 0 Å². The van der Waals surface area contributed by atoms with E-state index in [9.17, 15) is 29.4 Å². The van der Waals surface area contributed by atoms with E-state index in [1.165, 1.54) is 6.92 Å². The summed E-state index contributed by atoms with van der Waals surface area (Å²) in [7, 11) is 0. The summed E-state index contributed by atoms with van der Waals surface area (Å²) >= 11 is 0. The van der Waals surface area contributed by atoms with Crippen LogP contribution in [0.2, 0.25) is 0 Å². The zero-order valence-corrected chi connectivity index (χ0v) is 7.84. The number of ether oxygens (including phenoxy) is 1. The topological polar surface area (TPSA) is 113 Å². The predicted octanol–water partition coefficient (Wildman–Crippen LogP) is 0.506. The molecule has 0 aliphatic rings.